The van der Waals surface area contributed by atoms with E-state index in [4.69, 9.17) is 0 Å². The molecule has 2 aliphatic rings. The lowest BCUT2D eigenvalue weighted by molar-refractivity contribution is -0.138. The van der Waals surface area contributed by atoms with Crippen molar-refractivity contribution in [2.24, 2.45) is 0 Å². The molecule has 6 nitrogen and oxygen atoms in total. The van der Waals surface area contributed by atoms with E-state index >= 15 is 0 Å². The molecule has 2 rings (SSSR count). The van der Waals surface area contributed by atoms with E-state index < -0.39 is 0 Å². The zero-order chi connectivity index (χ0) is 12.1. The van der Waals surface area contributed by atoms with E-state index in [-0.39, 0.29) is 18.4 Å². The molecular weight excluding hydrogens is 220 g/mol. The molecule has 2 fully saturated rings. The number of amides is 2. The summed E-state index contributed by atoms with van der Waals surface area (Å²) in [6.07, 6.45) is 0.521. The summed E-state index contributed by atoms with van der Waals surface area (Å²) in [5.41, 5.74) is 0. The van der Waals surface area contributed by atoms with Crippen LogP contribution in [0.2, 0.25) is 0 Å². The van der Waals surface area contributed by atoms with Crippen LogP contribution in [0, 0.1) is 0 Å². The van der Waals surface area contributed by atoms with Crippen molar-refractivity contribution in [3.05, 3.63) is 0 Å². The molecular formula is C11H20N4O2. The zero-order valence-corrected chi connectivity index (χ0v) is 10.1. The fourth-order valence-corrected chi connectivity index (χ4v) is 2.20. The highest BCUT2D eigenvalue weighted by Crippen LogP contribution is 2.01. The van der Waals surface area contributed by atoms with E-state index in [9.17, 15) is 9.59 Å². The molecule has 0 aliphatic carbocycles. The van der Waals surface area contributed by atoms with Gasteiger partial charge in [0.2, 0.25) is 11.8 Å². The van der Waals surface area contributed by atoms with Crippen LogP contribution in [0.5, 0.6) is 0 Å². The molecule has 2 saturated heterocycles. The van der Waals surface area contributed by atoms with Gasteiger partial charge >= 0.3 is 0 Å². The maximum atomic E-state index is 11.9. The number of carbonyl (C=O) groups excluding carboxylic acids is 2. The van der Waals surface area contributed by atoms with Gasteiger partial charge in [0.25, 0.3) is 0 Å². The lowest BCUT2D eigenvalue weighted by Gasteiger charge is -2.30. The smallest absolute Gasteiger partial charge is 0.239 e. The van der Waals surface area contributed by atoms with Crippen LogP contribution in [-0.2, 0) is 9.59 Å². The van der Waals surface area contributed by atoms with Crippen molar-refractivity contribution in [2.45, 2.75) is 6.42 Å². The summed E-state index contributed by atoms with van der Waals surface area (Å²) >= 11 is 0. The molecule has 2 heterocycles. The van der Waals surface area contributed by atoms with E-state index in [2.05, 4.69) is 15.5 Å². The van der Waals surface area contributed by atoms with Crippen molar-refractivity contribution in [3.63, 3.8) is 0 Å². The van der Waals surface area contributed by atoms with E-state index in [0.29, 0.717) is 19.5 Å². The number of hydrogen-bond donors (Lipinski definition) is 2. The van der Waals surface area contributed by atoms with Gasteiger partial charge in [-0.25, -0.2) is 0 Å². The highest BCUT2D eigenvalue weighted by Gasteiger charge is 2.21. The normalized spacial score (nSPS) is 22.4. The number of nitrogens with one attached hydrogen (secondary N) is 2. The molecule has 0 atom stereocenters. The first kappa shape index (κ1) is 12.3. The molecule has 0 bridgehead atoms. The number of hydrogen-bond acceptors (Lipinski definition) is 4. The van der Waals surface area contributed by atoms with Gasteiger partial charge < -0.3 is 20.4 Å². The Morgan fingerprint density at radius 3 is 2.65 bits per heavy atom. The minimum atomic E-state index is -0.0493. The lowest BCUT2D eigenvalue weighted by atomic mass is 10.2. The number of nitrogens with zero attached hydrogens (tertiary/aromatic N) is 2. The average Bonchev–Trinajstić information content (AvgIpc) is 2.37. The Bertz CT molecular complexity index is 289. The third-order valence-corrected chi connectivity index (χ3v) is 3.24. The molecule has 17 heavy (non-hydrogen) atoms. The molecule has 0 aromatic rings. The fraction of sp³-hybridized carbons (Fsp3) is 0.818. The van der Waals surface area contributed by atoms with Crippen LogP contribution in [0.15, 0.2) is 0 Å². The minimum Gasteiger partial charge on any atom is -0.353 e. The Balaban J connectivity index is 1.70. The summed E-state index contributed by atoms with van der Waals surface area (Å²) < 4.78 is 0. The Morgan fingerprint density at radius 1 is 1.18 bits per heavy atom. The molecule has 0 radical (unpaired) electrons. The van der Waals surface area contributed by atoms with E-state index in [1.54, 1.807) is 4.90 Å². The molecule has 0 aromatic heterocycles. The lowest BCUT2D eigenvalue weighted by Crippen LogP contribution is -2.51. The minimum absolute atomic E-state index is 0.0493. The predicted molar refractivity (Wildman–Crippen MR) is 63.5 cm³/mol. The Hall–Kier alpha value is -1.14. The van der Waals surface area contributed by atoms with Gasteiger partial charge in [0, 0.05) is 52.2 Å². The first-order valence-corrected chi connectivity index (χ1v) is 6.23. The van der Waals surface area contributed by atoms with Crippen LogP contribution in [0.1, 0.15) is 6.42 Å². The highest BCUT2D eigenvalue weighted by atomic mass is 16.2. The topological polar surface area (TPSA) is 64.7 Å². The monoisotopic (exact) mass is 240 g/mol. The van der Waals surface area contributed by atoms with Gasteiger partial charge in [0.1, 0.15) is 0 Å². The molecule has 2 N–H and O–H groups in total. The summed E-state index contributed by atoms with van der Waals surface area (Å²) in [5.74, 6) is 0.0464. The maximum absolute atomic E-state index is 11.9. The van der Waals surface area contributed by atoms with Gasteiger partial charge in [-0.05, 0) is 0 Å². The predicted octanol–water partition coefficient (Wildman–Crippen LogP) is -1.76. The summed E-state index contributed by atoms with van der Waals surface area (Å²) in [7, 11) is 0. The molecule has 0 aromatic carbocycles. The van der Waals surface area contributed by atoms with Gasteiger partial charge in [-0.2, -0.15) is 0 Å². The molecule has 96 valence electrons. The summed E-state index contributed by atoms with van der Waals surface area (Å²) in [6, 6.07) is 0. The number of piperazine rings is 2. The molecule has 2 amide bonds. The Labute approximate surface area is 101 Å². The van der Waals surface area contributed by atoms with Crippen molar-refractivity contribution in [2.75, 3.05) is 52.4 Å². The van der Waals surface area contributed by atoms with Gasteiger partial charge in [-0.1, -0.05) is 0 Å². The summed E-state index contributed by atoms with van der Waals surface area (Å²) in [5, 5.41) is 6.00. The second-order valence-electron chi connectivity index (χ2n) is 4.51. The van der Waals surface area contributed by atoms with Crippen LogP contribution in [-0.4, -0.2) is 74.0 Å². The van der Waals surface area contributed by atoms with Gasteiger partial charge in [-0.15, -0.1) is 0 Å². The summed E-state index contributed by atoms with van der Waals surface area (Å²) in [4.78, 5) is 27.0. The highest BCUT2D eigenvalue weighted by molar-refractivity contribution is 5.85. The van der Waals surface area contributed by atoms with Gasteiger partial charge in [0.15, 0.2) is 0 Å². The SMILES string of the molecule is O=C1CN(C(=O)CCN2CCNCC2)CCN1. The Morgan fingerprint density at radius 2 is 1.94 bits per heavy atom. The molecule has 0 spiro atoms. The average molecular weight is 240 g/mol. The van der Waals surface area contributed by atoms with Crippen molar-refractivity contribution in [3.8, 4) is 0 Å². The maximum Gasteiger partial charge on any atom is 0.239 e. The van der Waals surface area contributed by atoms with Crippen LogP contribution >= 0.6 is 0 Å². The second-order valence-corrected chi connectivity index (χ2v) is 4.51. The van der Waals surface area contributed by atoms with Crippen LogP contribution in [0.4, 0.5) is 0 Å². The second kappa shape index (κ2) is 5.97. The number of rotatable bonds is 3. The third kappa shape index (κ3) is 3.67. The van der Waals surface area contributed by atoms with Crippen LogP contribution in [0.3, 0.4) is 0 Å². The zero-order valence-electron chi connectivity index (χ0n) is 10.1. The first-order chi connectivity index (χ1) is 8.25. The first-order valence-electron chi connectivity index (χ1n) is 6.23. The van der Waals surface area contributed by atoms with Crippen LogP contribution < -0.4 is 10.6 Å². The molecule has 0 saturated carbocycles. The van der Waals surface area contributed by atoms with Crippen molar-refractivity contribution >= 4 is 11.8 Å². The van der Waals surface area contributed by atoms with Gasteiger partial charge in [-0.3, -0.25) is 9.59 Å². The quantitative estimate of drug-likeness (QED) is 0.613. The summed E-state index contributed by atoms with van der Waals surface area (Å²) in [6.45, 7) is 6.27. The molecule has 6 heteroatoms. The molecule has 0 unspecified atom stereocenters. The Kier molecular flexibility index (Phi) is 4.33. The van der Waals surface area contributed by atoms with Crippen molar-refractivity contribution in [1.29, 1.82) is 0 Å². The van der Waals surface area contributed by atoms with Crippen molar-refractivity contribution < 1.29 is 9.59 Å². The van der Waals surface area contributed by atoms with E-state index in [0.717, 1.165) is 32.7 Å². The van der Waals surface area contributed by atoms with Gasteiger partial charge in [0.05, 0.1) is 6.54 Å². The third-order valence-electron chi connectivity index (χ3n) is 3.24. The van der Waals surface area contributed by atoms with E-state index in [1.807, 2.05) is 0 Å². The fourth-order valence-electron chi connectivity index (χ4n) is 2.20. The van der Waals surface area contributed by atoms with Crippen LogP contribution in [0.25, 0.3) is 0 Å². The molecule has 2 aliphatic heterocycles. The van der Waals surface area contributed by atoms with Crippen molar-refractivity contribution in [1.82, 2.24) is 20.4 Å². The number of carbonyl (C=O) groups is 2. The standard InChI is InChI=1S/C11H20N4O2/c16-10-9-15(8-4-13-10)11(17)1-5-14-6-2-12-3-7-14/h12H,1-9H2,(H,13,16). The largest absolute Gasteiger partial charge is 0.353 e. The van der Waals surface area contributed by atoms with E-state index in [1.165, 1.54) is 0 Å².